The number of hydrogen-bond acceptors (Lipinski definition) is 2. The van der Waals surface area contributed by atoms with Gasteiger partial charge in [0, 0.05) is 43.7 Å². The van der Waals surface area contributed by atoms with E-state index in [0.717, 1.165) is 45.0 Å². The molecule has 3 atom stereocenters. The van der Waals surface area contributed by atoms with Crippen LogP contribution in [0.5, 0.6) is 0 Å². The number of nitrogens with one attached hydrogen (secondary N) is 1. The smallest absolute Gasteiger partial charge is 0.193 e. The summed E-state index contributed by atoms with van der Waals surface area (Å²) < 4.78 is 27.9. The fourth-order valence-corrected chi connectivity index (χ4v) is 3.97. The van der Waals surface area contributed by atoms with Gasteiger partial charge in [0.15, 0.2) is 5.96 Å². The minimum Gasteiger partial charge on any atom is -0.353 e. The van der Waals surface area contributed by atoms with E-state index in [2.05, 4.69) is 34.0 Å². The van der Waals surface area contributed by atoms with Crippen LogP contribution in [0.1, 0.15) is 38.2 Å². The number of likely N-dealkylation sites (tertiary alicyclic amines) is 1. The molecule has 2 aliphatic rings. The van der Waals surface area contributed by atoms with Crippen molar-refractivity contribution in [1.82, 2.24) is 15.1 Å². The zero-order valence-corrected chi connectivity index (χ0v) is 15.3. The topological polar surface area (TPSA) is 30.9 Å². The molecule has 1 aliphatic carbocycles. The lowest BCUT2D eigenvalue weighted by Gasteiger charge is -2.27. The molecule has 25 heavy (non-hydrogen) atoms. The molecule has 0 aromatic heterocycles. The quantitative estimate of drug-likeness (QED) is 0.654. The molecule has 6 heteroatoms. The van der Waals surface area contributed by atoms with E-state index in [4.69, 9.17) is 0 Å². The Bertz CT molecular complexity index is 610. The third-order valence-electron chi connectivity index (χ3n) is 5.48. The van der Waals surface area contributed by atoms with Gasteiger partial charge in [-0.2, -0.15) is 0 Å². The molecule has 0 bridgehead atoms. The first kappa shape index (κ1) is 18.1. The Morgan fingerprint density at radius 3 is 2.56 bits per heavy atom. The average Bonchev–Trinajstić information content (AvgIpc) is 3.17. The minimum atomic E-state index is -0.452. The first-order valence-electron chi connectivity index (χ1n) is 9.25. The second kappa shape index (κ2) is 7.68. The van der Waals surface area contributed by atoms with Gasteiger partial charge >= 0.3 is 0 Å². The Labute approximate surface area is 148 Å². The maximum absolute atomic E-state index is 13.9. The number of hydrogen-bond donors (Lipinski definition) is 1. The molecule has 1 saturated carbocycles. The third kappa shape index (κ3) is 3.78. The van der Waals surface area contributed by atoms with Crippen molar-refractivity contribution in [2.24, 2.45) is 4.99 Å². The van der Waals surface area contributed by atoms with E-state index in [1.807, 2.05) is 0 Å². The van der Waals surface area contributed by atoms with E-state index < -0.39 is 11.6 Å². The number of rotatable bonds is 5. The van der Waals surface area contributed by atoms with Gasteiger partial charge in [-0.05, 0) is 38.1 Å². The molecule has 3 rings (SSSR count). The van der Waals surface area contributed by atoms with Crippen LogP contribution in [0.2, 0.25) is 0 Å². The largest absolute Gasteiger partial charge is 0.353 e. The lowest BCUT2D eigenvalue weighted by atomic mass is 10.1. The predicted molar refractivity (Wildman–Crippen MR) is 96.9 cm³/mol. The van der Waals surface area contributed by atoms with Crippen molar-refractivity contribution in [3.63, 3.8) is 0 Å². The number of halogens is 2. The molecule has 2 fully saturated rings. The summed E-state index contributed by atoms with van der Waals surface area (Å²) in [5.74, 6) is -0.169. The highest BCUT2D eigenvalue weighted by atomic mass is 19.1. The van der Waals surface area contributed by atoms with Crippen LogP contribution in [0.3, 0.4) is 0 Å². The van der Waals surface area contributed by atoms with E-state index in [9.17, 15) is 8.78 Å². The number of nitrogens with zero attached hydrogens (tertiary/aromatic N) is 3. The molecule has 1 saturated heterocycles. The minimum absolute atomic E-state index is 0.0533. The Kier molecular flexibility index (Phi) is 5.57. The average molecular weight is 350 g/mol. The molecule has 1 heterocycles. The SMILES string of the molecule is CCN(CC)C1CCN(C(=NC)NC2CC2c2c(F)cccc2F)C1. The fraction of sp³-hybridized carbons (Fsp3) is 0.632. The van der Waals surface area contributed by atoms with E-state index in [-0.39, 0.29) is 17.5 Å². The maximum atomic E-state index is 13.9. The van der Waals surface area contributed by atoms with Gasteiger partial charge in [-0.15, -0.1) is 0 Å². The molecule has 1 aromatic rings. The summed E-state index contributed by atoms with van der Waals surface area (Å²) in [5.41, 5.74) is 0.206. The van der Waals surface area contributed by atoms with Crippen LogP contribution >= 0.6 is 0 Å². The summed E-state index contributed by atoms with van der Waals surface area (Å²) in [6, 6.07) is 4.68. The maximum Gasteiger partial charge on any atom is 0.193 e. The zero-order valence-electron chi connectivity index (χ0n) is 15.3. The van der Waals surface area contributed by atoms with Gasteiger partial charge in [0.25, 0.3) is 0 Å². The fourth-order valence-electron chi connectivity index (χ4n) is 3.97. The standard InChI is InChI=1S/C19H28F2N4/c1-4-24(5-2)13-9-10-25(12-13)19(22-3)23-17-11-14(17)18-15(20)7-6-8-16(18)21/h6-8,13-14,17H,4-5,9-12H2,1-3H3,(H,22,23). The van der Waals surface area contributed by atoms with Crippen LogP contribution in [0.25, 0.3) is 0 Å². The third-order valence-corrected chi connectivity index (χ3v) is 5.48. The van der Waals surface area contributed by atoms with Crippen molar-refractivity contribution >= 4 is 5.96 Å². The molecule has 0 amide bonds. The number of likely N-dealkylation sites (N-methyl/N-ethyl adjacent to an activating group) is 1. The van der Waals surface area contributed by atoms with Gasteiger partial charge in [-0.3, -0.25) is 9.89 Å². The van der Waals surface area contributed by atoms with Crippen LogP contribution in [0.15, 0.2) is 23.2 Å². The number of aliphatic imine (C=N–C) groups is 1. The lowest BCUT2D eigenvalue weighted by Crippen LogP contribution is -2.44. The van der Waals surface area contributed by atoms with Crippen LogP contribution in [0.4, 0.5) is 8.78 Å². The molecular weight excluding hydrogens is 322 g/mol. The highest BCUT2D eigenvalue weighted by Gasteiger charge is 2.43. The monoisotopic (exact) mass is 350 g/mol. The lowest BCUT2D eigenvalue weighted by molar-refractivity contribution is 0.223. The van der Waals surface area contributed by atoms with Crippen molar-refractivity contribution in [2.45, 2.75) is 44.7 Å². The highest BCUT2D eigenvalue weighted by Crippen LogP contribution is 2.43. The van der Waals surface area contributed by atoms with Crippen molar-refractivity contribution in [3.05, 3.63) is 35.4 Å². The van der Waals surface area contributed by atoms with E-state index in [1.54, 1.807) is 7.05 Å². The second-order valence-electron chi connectivity index (χ2n) is 6.89. The van der Waals surface area contributed by atoms with Gasteiger partial charge in [0.1, 0.15) is 11.6 Å². The predicted octanol–water partition coefficient (Wildman–Crippen LogP) is 2.81. The van der Waals surface area contributed by atoms with Crippen molar-refractivity contribution in [3.8, 4) is 0 Å². The summed E-state index contributed by atoms with van der Waals surface area (Å²) in [4.78, 5) is 9.13. The summed E-state index contributed by atoms with van der Waals surface area (Å²) in [6.07, 6.45) is 1.86. The molecule has 1 aliphatic heterocycles. The highest BCUT2D eigenvalue weighted by molar-refractivity contribution is 5.81. The molecule has 1 N–H and O–H groups in total. The van der Waals surface area contributed by atoms with Gasteiger partial charge in [0.05, 0.1) is 0 Å². The first-order chi connectivity index (χ1) is 12.1. The van der Waals surface area contributed by atoms with E-state index in [0.29, 0.717) is 6.04 Å². The Hall–Kier alpha value is -1.69. The van der Waals surface area contributed by atoms with E-state index in [1.165, 1.54) is 18.2 Å². The Morgan fingerprint density at radius 1 is 1.28 bits per heavy atom. The molecule has 1 aromatic carbocycles. The first-order valence-corrected chi connectivity index (χ1v) is 9.25. The molecular formula is C19H28F2N4. The van der Waals surface area contributed by atoms with Gasteiger partial charge in [-0.25, -0.2) is 8.78 Å². The Morgan fingerprint density at radius 2 is 1.96 bits per heavy atom. The second-order valence-corrected chi connectivity index (χ2v) is 6.89. The molecule has 4 nitrogen and oxygen atoms in total. The van der Waals surface area contributed by atoms with Crippen LogP contribution in [0, 0.1) is 11.6 Å². The molecule has 138 valence electrons. The van der Waals surface area contributed by atoms with Crippen LogP contribution in [-0.2, 0) is 0 Å². The molecule has 0 spiro atoms. The van der Waals surface area contributed by atoms with Gasteiger partial charge < -0.3 is 10.2 Å². The van der Waals surface area contributed by atoms with Crippen LogP contribution in [-0.4, -0.2) is 61.1 Å². The number of benzene rings is 1. The Balaban J connectivity index is 1.60. The van der Waals surface area contributed by atoms with Crippen molar-refractivity contribution < 1.29 is 8.78 Å². The van der Waals surface area contributed by atoms with Crippen LogP contribution < -0.4 is 5.32 Å². The van der Waals surface area contributed by atoms with Crippen molar-refractivity contribution in [2.75, 3.05) is 33.2 Å². The number of guanidine groups is 1. The summed E-state index contributed by atoms with van der Waals surface area (Å²) in [7, 11) is 1.77. The normalized spacial score (nSPS) is 26.4. The molecule has 3 unspecified atom stereocenters. The summed E-state index contributed by atoms with van der Waals surface area (Å²) >= 11 is 0. The zero-order chi connectivity index (χ0) is 18.0. The van der Waals surface area contributed by atoms with Crippen molar-refractivity contribution in [1.29, 1.82) is 0 Å². The summed E-state index contributed by atoms with van der Waals surface area (Å²) in [5, 5.41) is 3.41. The van der Waals surface area contributed by atoms with Gasteiger partial charge in [-0.1, -0.05) is 19.9 Å². The molecule has 0 radical (unpaired) electrons. The van der Waals surface area contributed by atoms with Gasteiger partial charge in [0.2, 0.25) is 0 Å². The van der Waals surface area contributed by atoms with E-state index >= 15 is 0 Å². The summed E-state index contributed by atoms with van der Waals surface area (Å²) in [6.45, 7) is 8.41.